The van der Waals surface area contributed by atoms with Gasteiger partial charge in [-0.15, -0.1) is 0 Å². The van der Waals surface area contributed by atoms with E-state index in [2.05, 4.69) is 20.6 Å². The van der Waals surface area contributed by atoms with E-state index < -0.39 is 12.6 Å². The summed E-state index contributed by atoms with van der Waals surface area (Å²) < 4.78 is 35.9. The molecule has 2 N–H and O–H groups in total. The number of nitrogens with zero attached hydrogens (tertiary/aromatic N) is 2. The van der Waals surface area contributed by atoms with Gasteiger partial charge in [0.15, 0.2) is 0 Å². The molecule has 7 heteroatoms. The van der Waals surface area contributed by atoms with Gasteiger partial charge in [0.1, 0.15) is 5.82 Å². The first-order valence-electron chi connectivity index (χ1n) is 6.30. The minimum Gasteiger partial charge on any atom is -0.370 e. The number of hydrogen-bond acceptors (Lipinski definition) is 4. The maximum Gasteiger partial charge on any atom is 0.389 e. The molecule has 0 spiro atoms. The molecule has 0 aliphatic heterocycles. The van der Waals surface area contributed by atoms with Crippen LogP contribution in [0.1, 0.15) is 31.7 Å². The van der Waals surface area contributed by atoms with Gasteiger partial charge in [0.25, 0.3) is 0 Å². The molecule has 1 rings (SSSR count). The van der Waals surface area contributed by atoms with Crippen LogP contribution >= 0.6 is 0 Å². The van der Waals surface area contributed by atoms with E-state index in [1.807, 2.05) is 13.8 Å². The van der Waals surface area contributed by atoms with Crippen LogP contribution in [0.2, 0.25) is 0 Å². The largest absolute Gasteiger partial charge is 0.389 e. The summed E-state index contributed by atoms with van der Waals surface area (Å²) >= 11 is 0. The first-order valence-corrected chi connectivity index (χ1v) is 6.30. The SMILES string of the molecule is CCNc1ncc(C)c(NCCCCC(F)(F)F)n1. The van der Waals surface area contributed by atoms with E-state index in [4.69, 9.17) is 0 Å². The Morgan fingerprint density at radius 2 is 1.95 bits per heavy atom. The van der Waals surface area contributed by atoms with Gasteiger partial charge in [0, 0.05) is 31.3 Å². The highest BCUT2D eigenvalue weighted by Crippen LogP contribution is 2.22. The Kier molecular flexibility index (Phi) is 5.85. The molecular weight excluding hydrogens is 257 g/mol. The summed E-state index contributed by atoms with van der Waals surface area (Å²) in [6, 6.07) is 0. The average Bonchev–Trinajstić information content (AvgIpc) is 2.31. The van der Waals surface area contributed by atoms with Crippen molar-refractivity contribution in [3.63, 3.8) is 0 Å². The summed E-state index contributed by atoms with van der Waals surface area (Å²) in [6.45, 7) is 4.98. The fourth-order valence-electron chi connectivity index (χ4n) is 1.52. The Balaban J connectivity index is 2.38. The molecule has 0 aromatic carbocycles. The summed E-state index contributed by atoms with van der Waals surface area (Å²) in [5.74, 6) is 1.18. The summed E-state index contributed by atoms with van der Waals surface area (Å²) in [6.07, 6.45) is -2.54. The Morgan fingerprint density at radius 1 is 1.21 bits per heavy atom. The molecule has 0 saturated heterocycles. The van der Waals surface area contributed by atoms with Gasteiger partial charge < -0.3 is 10.6 Å². The lowest BCUT2D eigenvalue weighted by Gasteiger charge is -2.10. The Labute approximate surface area is 110 Å². The number of rotatable bonds is 7. The van der Waals surface area contributed by atoms with E-state index in [1.165, 1.54) is 0 Å². The molecule has 0 amide bonds. The van der Waals surface area contributed by atoms with Crippen LogP contribution in [0.15, 0.2) is 6.20 Å². The molecule has 108 valence electrons. The van der Waals surface area contributed by atoms with Crippen molar-refractivity contribution in [2.45, 2.75) is 39.3 Å². The normalized spacial score (nSPS) is 11.4. The Bertz CT molecular complexity index is 393. The van der Waals surface area contributed by atoms with Crippen LogP contribution < -0.4 is 10.6 Å². The van der Waals surface area contributed by atoms with Gasteiger partial charge in [-0.3, -0.25) is 0 Å². The number of halogens is 3. The molecule has 0 fully saturated rings. The van der Waals surface area contributed by atoms with E-state index in [0.717, 1.165) is 5.56 Å². The third kappa shape index (κ3) is 6.26. The smallest absolute Gasteiger partial charge is 0.370 e. The van der Waals surface area contributed by atoms with Crippen molar-refractivity contribution in [3.8, 4) is 0 Å². The molecule has 1 heterocycles. The molecular formula is C12H19F3N4. The number of nitrogens with one attached hydrogen (secondary N) is 2. The zero-order valence-electron chi connectivity index (χ0n) is 11.1. The van der Waals surface area contributed by atoms with E-state index in [9.17, 15) is 13.2 Å². The number of anilines is 2. The zero-order valence-corrected chi connectivity index (χ0v) is 11.1. The van der Waals surface area contributed by atoms with Gasteiger partial charge in [-0.05, 0) is 26.7 Å². The van der Waals surface area contributed by atoms with Gasteiger partial charge in [0.05, 0.1) is 0 Å². The molecule has 19 heavy (non-hydrogen) atoms. The maximum atomic E-state index is 12.0. The molecule has 0 unspecified atom stereocenters. The van der Waals surface area contributed by atoms with Crippen molar-refractivity contribution in [2.75, 3.05) is 23.7 Å². The Hall–Kier alpha value is -1.53. The first kappa shape index (κ1) is 15.5. The monoisotopic (exact) mass is 276 g/mol. The number of unbranched alkanes of at least 4 members (excludes halogenated alkanes) is 1. The van der Waals surface area contributed by atoms with E-state index >= 15 is 0 Å². The van der Waals surface area contributed by atoms with E-state index in [0.29, 0.717) is 31.3 Å². The second-order valence-electron chi connectivity index (χ2n) is 4.25. The minimum atomic E-state index is -4.07. The lowest BCUT2D eigenvalue weighted by Crippen LogP contribution is -2.11. The highest BCUT2D eigenvalue weighted by Gasteiger charge is 2.25. The molecule has 4 nitrogen and oxygen atoms in total. The van der Waals surface area contributed by atoms with Gasteiger partial charge in [-0.1, -0.05) is 0 Å². The number of aromatic nitrogens is 2. The van der Waals surface area contributed by atoms with Crippen molar-refractivity contribution >= 4 is 11.8 Å². The number of alkyl halides is 3. The van der Waals surface area contributed by atoms with Crippen LogP contribution in [0.3, 0.4) is 0 Å². The fourth-order valence-corrected chi connectivity index (χ4v) is 1.52. The van der Waals surface area contributed by atoms with Crippen molar-refractivity contribution in [1.82, 2.24) is 9.97 Å². The second-order valence-corrected chi connectivity index (χ2v) is 4.25. The molecule has 0 bridgehead atoms. The van der Waals surface area contributed by atoms with Crippen LogP contribution in [-0.2, 0) is 0 Å². The van der Waals surface area contributed by atoms with Crippen molar-refractivity contribution in [2.24, 2.45) is 0 Å². The molecule has 0 saturated carbocycles. The van der Waals surface area contributed by atoms with Crippen LogP contribution in [0, 0.1) is 6.92 Å². The highest BCUT2D eigenvalue weighted by molar-refractivity contribution is 5.46. The summed E-state index contributed by atoms with van der Waals surface area (Å²) in [7, 11) is 0. The van der Waals surface area contributed by atoms with Gasteiger partial charge in [-0.2, -0.15) is 18.2 Å². The third-order valence-electron chi connectivity index (χ3n) is 2.49. The van der Waals surface area contributed by atoms with E-state index in [1.54, 1.807) is 6.20 Å². The number of aryl methyl sites for hydroxylation is 1. The van der Waals surface area contributed by atoms with Crippen LogP contribution in [0.25, 0.3) is 0 Å². The third-order valence-corrected chi connectivity index (χ3v) is 2.49. The second kappa shape index (κ2) is 7.16. The minimum absolute atomic E-state index is 0.126. The Morgan fingerprint density at radius 3 is 2.58 bits per heavy atom. The molecule has 1 aromatic rings. The molecule has 0 aliphatic rings. The summed E-state index contributed by atoms with van der Waals surface area (Å²) in [5.41, 5.74) is 0.873. The first-order chi connectivity index (χ1) is 8.92. The number of hydrogen-bond donors (Lipinski definition) is 2. The zero-order chi connectivity index (χ0) is 14.3. The summed E-state index contributed by atoms with van der Waals surface area (Å²) in [4.78, 5) is 8.35. The van der Waals surface area contributed by atoms with Crippen LogP contribution in [0.5, 0.6) is 0 Å². The quantitative estimate of drug-likeness (QED) is 0.750. The predicted molar refractivity (Wildman–Crippen MR) is 69.3 cm³/mol. The van der Waals surface area contributed by atoms with Crippen molar-refractivity contribution in [3.05, 3.63) is 11.8 Å². The molecule has 0 atom stereocenters. The standard InChI is InChI=1S/C12H19F3N4/c1-3-16-11-18-8-9(2)10(19-11)17-7-5-4-6-12(13,14)15/h8H,3-7H2,1-2H3,(H2,16,17,18,19). The molecule has 0 radical (unpaired) electrons. The van der Waals surface area contributed by atoms with Crippen LogP contribution in [0.4, 0.5) is 24.9 Å². The fraction of sp³-hybridized carbons (Fsp3) is 0.667. The predicted octanol–water partition coefficient (Wildman–Crippen LogP) is 3.36. The summed E-state index contributed by atoms with van der Waals surface area (Å²) in [5, 5.41) is 6.03. The van der Waals surface area contributed by atoms with Gasteiger partial charge >= 0.3 is 6.18 Å². The van der Waals surface area contributed by atoms with Crippen molar-refractivity contribution in [1.29, 1.82) is 0 Å². The van der Waals surface area contributed by atoms with Gasteiger partial charge in [-0.25, -0.2) is 4.98 Å². The topological polar surface area (TPSA) is 49.8 Å². The molecule has 1 aromatic heterocycles. The molecule has 0 aliphatic carbocycles. The average molecular weight is 276 g/mol. The maximum absolute atomic E-state index is 12.0. The highest BCUT2D eigenvalue weighted by atomic mass is 19.4. The van der Waals surface area contributed by atoms with Crippen LogP contribution in [-0.4, -0.2) is 29.2 Å². The van der Waals surface area contributed by atoms with Crippen molar-refractivity contribution < 1.29 is 13.2 Å². The lowest BCUT2D eigenvalue weighted by atomic mass is 10.2. The van der Waals surface area contributed by atoms with E-state index in [-0.39, 0.29) is 6.42 Å². The lowest BCUT2D eigenvalue weighted by molar-refractivity contribution is -0.135. The van der Waals surface area contributed by atoms with Gasteiger partial charge in [0.2, 0.25) is 5.95 Å².